The summed E-state index contributed by atoms with van der Waals surface area (Å²) in [6.45, 7) is 4.16. The number of anilines is 1. The molecule has 0 atom stereocenters. The van der Waals surface area contributed by atoms with Crippen LogP contribution >= 0.6 is 11.3 Å². The van der Waals surface area contributed by atoms with Crippen molar-refractivity contribution in [1.82, 2.24) is 10.3 Å². The Morgan fingerprint density at radius 3 is 2.81 bits per heavy atom. The molecule has 0 saturated heterocycles. The molecule has 0 saturated carbocycles. The third kappa shape index (κ3) is 4.39. The van der Waals surface area contributed by atoms with Gasteiger partial charge in [0.05, 0.1) is 11.6 Å². The lowest BCUT2D eigenvalue weighted by atomic mass is 10.2. The highest BCUT2D eigenvalue weighted by Crippen LogP contribution is 2.13. The van der Waals surface area contributed by atoms with Crippen LogP contribution in [0.2, 0.25) is 0 Å². The number of hydrogen-bond donors (Lipinski definition) is 2. The molecule has 1 aromatic carbocycles. The summed E-state index contributed by atoms with van der Waals surface area (Å²) in [6, 6.07) is 6.89. The van der Waals surface area contributed by atoms with Crippen LogP contribution in [-0.4, -0.2) is 16.8 Å². The lowest BCUT2D eigenvalue weighted by Gasteiger charge is -2.07. The molecule has 0 aliphatic rings. The summed E-state index contributed by atoms with van der Waals surface area (Å²) in [4.78, 5) is 28.6. The fourth-order valence-electron chi connectivity index (χ4n) is 1.74. The first-order valence-electron chi connectivity index (χ1n) is 6.68. The molecule has 1 heterocycles. The summed E-state index contributed by atoms with van der Waals surface area (Å²) in [5, 5.41) is 6.55. The molecule has 2 N–H and O–H groups in total. The maximum atomic E-state index is 12.1. The van der Waals surface area contributed by atoms with Gasteiger partial charge in [0.1, 0.15) is 0 Å². The number of carbonyl (C=O) groups is 2. The number of hydrogen-bond acceptors (Lipinski definition) is 4. The van der Waals surface area contributed by atoms with Gasteiger partial charge in [0.25, 0.3) is 5.91 Å². The standard InChI is InChI=1S/C15H17N3O2S/c1-3-14(19)18-12-6-4-5-11(7-12)15(20)17-9-13-8-16-10(2)21-13/h4-8H,3,9H2,1-2H3,(H,17,20)(H,18,19). The number of nitrogens with one attached hydrogen (secondary N) is 2. The minimum Gasteiger partial charge on any atom is -0.347 e. The zero-order valence-electron chi connectivity index (χ0n) is 12.0. The Bertz CT molecular complexity index is 652. The van der Waals surface area contributed by atoms with Crippen molar-refractivity contribution < 1.29 is 9.59 Å². The van der Waals surface area contributed by atoms with Crippen molar-refractivity contribution in [1.29, 1.82) is 0 Å². The highest BCUT2D eigenvalue weighted by atomic mass is 32.1. The largest absolute Gasteiger partial charge is 0.347 e. The third-order valence-corrected chi connectivity index (χ3v) is 3.73. The molecule has 0 unspecified atom stereocenters. The van der Waals surface area contributed by atoms with Gasteiger partial charge in [0, 0.05) is 28.7 Å². The second kappa shape index (κ2) is 6.99. The van der Waals surface area contributed by atoms with Crippen LogP contribution in [0.4, 0.5) is 5.69 Å². The van der Waals surface area contributed by atoms with E-state index in [2.05, 4.69) is 15.6 Å². The zero-order chi connectivity index (χ0) is 15.2. The van der Waals surface area contributed by atoms with Gasteiger partial charge in [-0.1, -0.05) is 13.0 Å². The van der Waals surface area contributed by atoms with Gasteiger partial charge in [-0.15, -0.1) is 11.3 Å². The van der Waals surface area contributed by atoms with E-state index < -0.39 is 0 Å². The maximum Gasteiger partial charge on any atom is 0.251 e. The number of thiazole rings is 1. The Hall–Kier alpha value is -2.21. The minimum atomic E-state index is -0.173. The topological polar surface area (TPSA) is 71.1 Å². The van der Waals surface area contributed by atoms with Crippen molar-refractivity contribution in [2.75, 3.05) is 5.32 Å². The van der Waals surface area contributed by atoms with Crippen LogP contribution in [0.25, 0.3) is 0 Å². The summed E-state index contributed by atoms with van der Waals surface area (Å²) in [5.41, 5.74) is 1.15. The quantitative estimate of drug-likeness (QED) is 0.892. The first kappa shape index (κ1) is 15.2. The average molecular weight is 303 g/mol. The van der Waals surface area contributed by atoms with Crippen LogP contribution < -0.4 is 10.6 Å². The van der Waals surface area contributed by atoms with E-state index in [-0.39, 0.29) is 11.8 Å². The van der Waals surface area contributed by atoms with Gasteiger partial charge in [-0.25, -0.2) is 4.98 Å². The molecule has 2 aromatic rings. The number of aryl methyl sites for hydroxylation is 1. The lowest BCUT2D eigenvalue weighted by Crippen LogP contribution is -2.22. The summed E-state index contributed by atoms with van der Waals surface area (Å²) < 4.78 is 0. The monoisotopic (exact) mass is 303 g/mol. The van der Waals surface area contributed by atoms with E-state index in [0.717, 1.165) is 9.88 Å². The third-order valence-electron chi connectivity index (χ3n) is 2.82. The van der Waals surface area contributed by atoms with Crippen LogP contribution in [0.5, 0.6) is 0 Å². The molecule has 2 rings (SSSR count). The number of amides is 2. The van der Waals surface area contributed by atoms with Gasteiger partial charge >= 0.3 is 0 Å². The molecule has 0 fully saturated rings. The highest BCUT2D eigenvalue weighted by Gasteiger charge is 2.08. The normalized spacial score (nSPS) is 10.2. The van der Waals surface area contributed by atoms with E-state index in [4.69, 9.17) is 0 Å². The van der Waals surface area contributed by atoms with Crippen molar-refractivity contribution in [2.45, 2.75) is 26.8 Å². The first-order valence-corrected chi connectivity index (χ1v) is 7.49. The Labute approximate surface area is 127 Å². The van der Waals surface area contributed by atoms with Crippen molar-refractivity contribution in [3.05, 3.63) is 45.9 Å². The SMILES string of the molecule is CCC(=O)Nc1cccc(C(=O)NCc2cnc(C)s2)c1. The number of benzene rings is 1. The fourth-order valence-corrected chi connectivity index (χ4v) is 2.48. The summed E-state index contributed by atoms with van der Waals surface area (Å²) in [7, 11) is 0. The summed E-state index contributed by atoms with van der Waals surface area (Å²) >= 11 is 1.56. The molecule has 110 valence electrons. The van der Waals surface area contributed by atoms with Crippen molar-refractivity contribution in [3.8, 4) is 0 Å². The molecule has 1 aromatic heterocycles. The van der Waals surface area contributed by atoms with E-state index in [1.54, 1.807) is 48.7 Å². The number of carbonyl (C=O) groups excluding carboxylic acids is 2. The zero-order valence-corrected chi connectivity index (χ0v) is 12.8. The van der Waals surface area contributed by atoms with Crippen LogP contribution in [0, 0.1) is 6.92 Å². The van der Waals surface area contributed by atoms with E-state index in [1.807, 2.05) is 6.92 Å². The Morgan fingerprint density at radius 1 is 1.33 bits per heavy atom. The Balaban J connectivity index is 1.98. The van der Waals surface area contributed by atoms with Gasteiger partial charge in [0.2, 0.25) is 5.91 Å². The van der Waals surface area contributed by atoms with Crippen molar-refractivity contribution in [2.24, 2.45) is 0 Å². The predicted octanol–water partition coefficient (Wildman–Crippen LogP) is 2.73. The average Bonchev–Trinajstić information content (AvgIpc) is 2.90. The molecule has 0 aliphatic heterocycles. The molecule has 0 radical (unpaired) electrons. The van der Waals surface area contributed by atoms with E-state index in [9.17, 15) is 9.59 Å². The van der Waals surface area contributed by atoms with Gasteiger partial charge in [-0.05, 0) is 25.1 Å². The van der Waals surface area contributed by atoms with Crippen LogP contribution in [0.15, 0.2) is 30.5 Å². The number of nitrogens with zero attached hydrogens (tertiary/aromatic N) is 1. The summed E-state index contributed by atoms with van der Waals surface area (Å²) in [5.74, 6) is -0.249. The fraction of sp³-hybridized carbons (Fsp3) is 0.267. The first-order chi connectivity index (χ1) is 10.1. The predicted molar refractivity (Wildman–Crippen MR) is 83.4 cm³/mol. The second-order valence-electron chi connectivity index (χ2n) is 4.51. The van der Waals surface area contributed by atoms with Gasteiger partial charge < -0.3 is 10.6 Å². The Morgan fingerprint density at radius 2 is 2.14 bits per heavy atom. The van der Waals surface area contributed by atoms with Gasteiger partial charge in [0.15, 0.2) is 0 Å². The van der Waals surface area contributed by atoms with Gasteiger partial charge in [-0.2, -0.15) is 0 Å². The van der Waals surface area contributed by atoms with Crippen molar-refractivity contribution in [3.63, 3.8) is 0 Å². The molecule has 0 spiro atoms. The van der Waals surface area contributed by atoms with E-state index in [1.165, 1.54) is 0 Å². The summed E-state index contributed by atoms with van der Waals surface area (Å²) in [6.07, 6.45) is 2.17. The molecule has 0 aliphatic carbocycles. The highest BCUT2D eigenvalue weighted by molar-refractivity contribution is 7.11. The molecular formula is C15H17N3O2S. The minimum absolute atomic E-state index is 0.0762. The molecule has 6 heteroatoms. The molecule has 21 heavy (non-hydrogen) atoms. The molecular weight excluding hydrogens is 286 g/mol. The number of aromatic nitrogens is 1. The molecule has 0 bridgehead atoms. The maximum absolute atomic E-state index is 12.1. The molecule has 5 nitrogen and oxygen atoms in total. The van der Waals surface area contributed by atoms with Crippen LogP contribution in [-0.2, 0) is 11.3 Å². The van der Waals surface area contributed by atoms with E-state index >= 15 is 0 Å². The lowest BCUT2D eigenvalue weighted by molar-refractivity contribution is -0.115. The van der Waals surface area contributed by atoms with Crippen molar-refractivity contribution >= 4 is 28.8 Å². The van der Waals surface area contributed by atoms with Crippen LogP contribution in [0.3, 0.4) is 0 Å². The van der Waals surface area contributed by atoms with Crippen LogP contribution in [0.1, 0.15) is 33.6 Å². The second-order valence-corrected chi connectivity index (χ2v) is 5.83. The van der Waals surface area contributed by atoms with Gasteiger partial charge in [-0.3, -0.25) is 9.59 Å². The smallest absolute Gasteiger partial charge is 0.251 e. The molecule has 2 amide bonds. The number of rotatable bonds is 5. The van der Waals surface area contributed by atoms with E-state index in [0.29, 0.717) is 24.2 Å². The Kier molecular flexibility index (Phi) is 5.05.